The van der Waals surface area contributed by atoms with Crippen molar-refractivity contribution in [1.29, 1.82) is 0 Å². The molecule has 0 unspecified atom stereocenters. The first-order chi connectivity index (χ1) is 11.6. The SMILES string of the molecule is O=C(OCc1ccc(C(=O)N2CCCC2)cc1)c1ccc(Cl)cc1. The van der Waals surface area contributed by atoms with Crippen molar-refractivity contribution in [2.45, 2.75) is 19.4 Å². The monoisotopic (exact) mass is 343 g/mol. The average molecular weight is 344 g/mol. The van der Waals surface area contributed by atoms with Gasteiger partial charge in [0.25, 0.3) is 5.91 Å². The van der Waals surface area contributed by atoms with Crippen LogP contribution in [0.4, 0.5) is 0 Å². The van der Waals surface area contributed by atoms with E-state index in [1.807, 2.05) is 17.0 Å². The second kappa shape index (κ2) is 7.49. The minimum atomic E-state index is -0.399. The van der Waals surface area contributed by atoms with Crippen molar-refractivity contribution >= 4 is 23.5 Å². The summed E-state index contributed by atoms with van der Waals surface area (Å²) >= 11 is 5.79. The van der Waals surface area contributed by atoms with Crippen LogP contribution in [-0.4, -0.2) is 29.9 Å². The first kappa shape index (κ1) is 16.5. The zero-order valence-corrected chi connectivity index (χ0v) is 14.0. The third kappa shape index (κ3) is 3.95. The third-order valence-electron chi connectivity index (χ3n) is 4.04. The van der Waals surface area contributed by atoms with Gasteiger partial charge in [-0.1, -0.05) is 23.7 Å². The van der Waals surface area contributed by atoms with Crippen molar-refractivity contribution in [2.24, 2.45) is 0 Å². The molecule has 4 nitrogen and oxygen atoms in total. The second-order valence-corrected chi connectivity index (χ2v) is 6.22. The number of hydrogen-bond acceptors (Lipinski definition) is 3. The van der Waals surface area contributed by atoms with E-state index in [-0.39, 0.29) is 12.5 Å². The van der Waals surface area contributed by atoms with Crippen molar-refractivity contribution in [3.63, 3.8) is 0 Å². The van der Waals surface area contributed by atoms with Crippen molar-refractivity contribution in [2.75, 3.05) is 13.1 Å². The minimum absolute atomic E-state index is 0.0669. The number of halogens is 1. The Kier molecular flexibility index (Phi) is 5.16. The Balaban J connectivity index is 1.57. The summed E-state index contributed by atoms with van der Waals surface area (Å²) in [5.74, 6) is -0.332. The lowest BCUT2D eigenvalue weighted by Crippen LogP contribution is -2.27. The summed E-state index contributed by atoms with van der Waals surface area (Å²) in [7, 11) is 0. The Hall–Kier alpha value is -2.33. The normalized spacial score (nSPS) is 13.8. The van der Waals surface area contributed by atoms with Crippen molar-refractivity contribution < 1.29 is 14.3 Å². The number of carbonyl (C=O) groups excluding carboxylic acids is 2. The fourth-order valence-corrected chi connectivity index (χ4v) is 2.79. The number of nitrogens with zero attached hydrogens (tertiary/aromatic N) is 1. The molecule has 124 valence electrons. The van der Waals surface area contributed by atoms with E-state index in [0.717, 1.165) is 31.5 Å². The van der Waals surface area contributed by atoms with Crippen LogP contribution in [0.25, 0.3) is 0 Å². The van der Waals surface area contributed by atoms with Gasteiger partial charge < -0.3 is 9.64 Å². The Morgan fingerprint density at radius 1 is 0.917 bits per heavy atom. The van der Waals surface area contributed by atoms with Crippen LogP contribution >= 0.6 is 11.6 Å². The maximum atomic E-state index is 12.3. The lowest BCUT2D eigenvalue weighted by Gasteiger charge is -2.15. The van der Waals surface area contributed by atoms with E-state index >= 15 is 0 Å². The van der Waals surface area contributed by atoms with E-state index in [9.17, 15) is 9.59 Å². The van der Waals surface area contributed by atoms with E-state index in [2.05, 4.69) is 0 Å². The number of carbonyl (C=O) groups is 2. The van der Waals surface area contributed by atoms with Gasteiger partial charge in [-0.15, -0.1) is 0 Å². The average Bonchev–Trinajstić information content (AvgIpc) is 3.15. The zero-order chi connectivity index (χ0) is 16.9. The van der Waals surface area contributed by atoms with E-state index in [1.54, 1.807) is 36.4 Å². The molecular weight excluding hydrogens is 326 g/mol. The maximum Gasteiger partial charge on any atom is 0.338 e. The Labute approximate surface area is 146 Å². The van der Waals surface area contributed by atoms with E-state index in [1.165, 1.54) is 0 Å². The molecule has 1 heterocycles. The molecule has 0 atom stereocenters. The van der Waals surface area contributed by atoms with E-state index in [4.69, 9.17) is 16.3 Å². The highest BCUT2D eigenvalue weighted by molar-refractivity contribution is 6.30. The fourth-order valence-electron chi connectivity index (χ4n) is 2.66. The van der Waals surface area contributed by atoms with Crippen LogP contribution in [0, 0.1) is 0 Å². The fraction of sp³-hybridized carbons (Fsp3) is 0.263. The van der Waals surface area contributed by atoms with Crippen LogP contribution in [0.15, 0.2) is 48.5 Å². The molecule has 1 amide bonds. The third-order valence-corrected chi connectivity index (χ3v) is 4.30. The van der Waals surface area contributed by atoms with E-state index < -0.39 is 5.97 Å². The van der Waals surface area contributed by atoms with Crippen LogP contribution in [0.2, 0.25) is 5.02 Å². The molecule has 0 aromatic heterocycles. The number of ether oxygens (including phenoxy) is 1. The molecule has 0 bridgehead atoms. The molecule has 0 N–H and O–H groups in total. The summed E-state index contributed by atoms with van der Waals surface area (Å²) in [5, 5.41) is 0.574. The van der Waals surface area contributed by atoms with E-state index in [0.29, 0.717) is 16.1 Å². The van der Waals surface area contributed by atoms with Gasteiger partial charge in [-0.2, -0.15) is 0 Å². The van der Waals surface area contributed by atoms with Gasteiger partial charge in [-0.25, -0.2) is 4.79 Å². The molecule has 0 saturated carbocycles. The molecule has 0 radical (unpaired) electrons. The van der Waals surface area contributed by atoms with Gasteiger partial charge >= 0.3 is 5.97 Å². The molecule has 5 heteroatoms. The molecule has 0 spiro atoms. The van der Waals surface area contributed by atoms with Gasteiger partial charge in [0.15, 0.2) is 0 Å². The molecular formula is C19H18ClNO3. The number of esters is 1. The molecule has 2 aromatic rings. The molecule has 3 rings (SSSR count). The van der Waals surface area contributed by atoms with Crippen LogP contribution in [0.3, 0.4) is 0 Å². The highest BCUT2D eigenvalue weighted by Crippen LogP contribution is 2.15. The topological polar surface area (TPSA) is 46.6 Å². The van der Waals surface area contributed by atoms with Crippen molar-refractivity contribution in [3.8, 4) is 0 Å². The lowest BCUT2D eigenvalue weighted by atomic mass is 10.1. The molecule has 1 fully saturated rings. The van der Waals surface area contributed by atoms with Crippen molar-refractivity contribution in [3.05, 3.63) is 70.2 Å². The van der Waals surface area contributed by atoms with Gasteiger partial charge in [0, 0.05) is 23.7 Å². The highest BCUT2D eigenvalue weighted by Gasteiger charge is 2.19. The Bertz CT molecular complexity index is 719. The number of benzene rings is 2. The minimum Gasteiger partial charge on any atom is -0.457 e. The summed E-state index contributed by atoms with van der Waals surface area (Å²) in [4.78, 5) is 26.1. The number of rotatable bonds is 4. The first-order valence-corrected chi connectivity index (χ1v) is 8.32. The van der Waals surface area contributed by atoms with Crippen LogP contribution in [0.1, 0.15) is 39.1 Å². The van der Waals surface area contributed by atoms with Gasteiger partial charge in [-0.3, -0.25) is 4.79 Å². The maximum absolute atomic E-state index is 12.3. The zero-order valence-electron chi connectivity index (χ0n) is 13.2. The second-order valence-electron chi connectivity index (χ2n) is 5.78. The standard InChI is InChI=1S/C19H18ClNO3/c20-17-9-7-16(8-10-17)19(23)24-13-14-3-5-15(6-4-14)18(22)21-11-1-2-12-21/h3-10H,1-2,11-13H2. The van der Waals surface area contributed by atoms with Crippen molar-refractivity contribution in [1.82, 2.24) is 4.90 Å². The molecule has 2 aromatic carbocycles. The summed E-state index contributed by atoms with van der Waals surface area (Å²) in [5.41, 5.74) is 1.97. The lowest BCUT2D eigenvalue weighted by molar-refractivity contribution is 0.0472. The highest BCUT2D eigenvalue weighted by atomic mass is 35.5. The first-order valence-electron chi connectivity index (χ1n) is 7.94. The van der Waals surface area contributed by atoms with Crippen LogP contribution in [0.5, 0.6) is 0 Å². The number of amides is 1. The quantitative estimate of drug-likeness (QED) is 0.790. The largest absolute Gasteiger partial charge is 0.457 e. The number of likely N-dealkylation sites (tertiary alicyclic amines) is 1. The van der Waals surface area contributed by atoms with Crippen LogP contribution in [-0.2, 0) is 11.3 Å². The van der Waals surface area contributed by atoms with Gasteiger partial charge in [0.05, 0.1) is 5.56 Å². The summed E-state index contributed by atoms with van der Waals surface area (Å²) in [6, 6.07) is 13.8. The molecule has 1 saturated heterocycles. The molecule has 1 aliphatic heterocycles. The predicted octanol–water partition coefficient (Wildman–Crippen LogP) is 3.93. The van der Waals surface area contributed by atoms with Gasteiger partial charge in [-0.05, 0) is 54.8 Å². The summed E-state index contributed by atoms with van der Waals surface area (Å²) in [6.07, 6.45) is 2.15. The number of hydrogen-bond donors (Lipinski definition) is 0. The molecule has 1 aliphatic rings. The predicted molar refractivity (Wildman–Crippen MR) is 92.2 cm³/mol. The van der Waals surface area contributed by atoms with Crippen LogP contribution < -0.4 is 0 Å². The summed E-state index contributed by atoms with van der Waals surface area (Å²) < 4.78 is 5.28. The molecule has 24 heavy (non-hydrogen) atoms. The Morgan fingerprint density at radius 3 is 2.12 bits per heavy atom. The smallest absolute Gasteiger partial charge is 0.338 e. The van der Waals surface area contributed by atoms with Gasteiger partial charge in [0.2, 0.25) is 0 Å². The Morgan fingerprint density at radius 2 is 1.50 bits per heavy atom. The van der Waals surface area contributed by atoms with Gasteiger partial charge in [0.1, 0.15) is 6.61 Å². The summed E-state index contributed by atoms with van der Waals surface area (Å²) in [6.45, 7) is 1.83. The molecule has 0 aliphatic carbocycles.